The first-order valence-electron chi connectivity index (χ1n) is 11.6. The molecule has 0 amide bonds. The molecule has 1 unspecified atom stereocenters. The Kier molecular flexibility index (Phi) is 16.6. The molecular weight excluding hydrogens is 332 g/mol. The standard InChI is InChI=1S/C25H44O2/c1-2-3-4-5-6-7-8-9-10-11-12-13-14-18-21-25(22-26)27-23-24-19-16-15-17-20-24/h15-17,19-20,25-26H,2-14,18,21-23H2,1H3. The van der Waals surface area contributed by atoms with Gasteiger partial charge >= 0.3 is 0 Å². The van der Waals surface area contributed by atoms with Crippen molar-refractivity contribution in [1.29, 1.82) is 0 Å². The summed E-state index contributed by atoms with van der Waals surface area (Å²) in [7, 11) is 0. The highest BCUT2D eigenvalue weighted by Gasteiger charge is 2.07. The summed E-state index contributed by atoms with van der Waals surface area (Å²) < 4.78 is 5.84. The van der Waals surface area contributed by atoms with Crippen LogP contribution in [0.1, 0.15) is 109 Å². The van der Waals surface area contributed by atoms with Crippen LogP contribution in [0.15, 0.2) is 30.3 Å². The normalized spacial score (nSPS) is 12.4. The minimum atomic E-state index is -0.0115. The second-order valence-corrected chi connectivity index (χ2v) is 7.99. The first-order chi connectivity index (χ1) is 13.4. The lowest BCUT2D eigenvalue weighted by Crippen LogP contribution is -2.17. The summed E-state index contributed by atoms with van der Waals surface area (Å²) in [6.07, 6.45) is 20.3. The van der Waals surface area contributed by atoms with Gasteiger partial charge in [-0.15, -0.1) is 0 Å². The molecule has 2 nitrogen and oxygen atoms in total. The molecule has 0 fully saturated rings. The summed E-state index contributed by atoms with van der Waals surface area (Å²) in [6, 6.07) is 10.2. The molecule has 156 valence electrons. The van der Waals surface area contributed by atoms with Crippen molar-refractivity contribution in [2.24, 2.45) is 0 Å². The van der Waals surface area contributed by atoms with E-state index in [0.29, 0.717) is 6.61 Å². The number of aliphatic hydroxyl groups excluding tert-OH is 1. The molecule has 0 saturated heterocycles. The van der Waals surface area contributed by atoms with Gasteiger partial charge in [0.05, 0.1) is 19.3 Å². The van der Waals surface area contributed by atoms with Crippen LogP contribution in [-0.4, -0.2) is 17.8 Å². The molecule has 0 bridgehead atoms. The maximum absolute atomic E-state index is 9.48. The van der Waals surface area contributed by atoms with Crippen molar-refractivity contribution >= 4 is 0 Å². The van der Waals surface area contributed by atoms with E-state index in [0.717, 1.165) is 12.8 Å². The van der Waals surface area contributed by atoms with E-state index < -0.39 is 0 Å². The largest absolute Gasteiger partial charge is 0.394 e. The minimum absolute atomic E-state index is 0.0115. The molecule has 0 aliphatic carbocycles. The van der Waals surface area contributed by atoms with Gasteiger partial charge in [-0.1, -0.05) is 127 Å². The van der Waals surface area contributed by atoms with Crippen molar-refractivity contribution < 1.29 is 9.84 Å². The van der Waals surface area contributed by atoms with Crippen molar-refractivity contribution in [2.45, 2.75) is 116 Å². The van der Waals surface area contributed by atoms with E-state index in [4.69, 9.17) is 4.74 Å². The zero-order valence-corrected chi connectivity index (χ0v) is 17.8. The molecule has 0 aliphatic rings. The van der Waals surface area contributed by atoms with Crippen LogP contribution in [0.5, 0.6) is 0 Å². The Labute approximate surface area is 168 Å². The zero-order chi connectivity index (χ0) is 19.4. The van der Waals surface area contributed by atoms with Gasteiger partial charge in [0.25, 0.3) is 0 Å². The van der Waals surface area contributed by atoms with Gasteiger partial charge in [-0.25, -0.2) is 0 Å². The summed E-state index contributed by atoms with van der Waals surface area (Å²) in [5.41, 5.74) is 1.18. The molecule has 1 aromatic rings. The highest BCUT2D eigenvalue weighted by Crippen LogP contribution is 2.15. The van der Waals surface area contributed by atoms with Crippen LogP contribution in [-0.2, 0) is 11.3 Å². The monoisotopic (exact) mass is 376 g/mol. The van der Waals surface area contributed by atoms with Crippen molar-refractivity contribution in [3.05, 3.63) is 35.9 Å². The van der Waals surface area contributed by atoms with Crippen molar-refractivity contribution in [2.75, 3.05) is 6.61 Å². The molecule has 27 heavy (non-hydrogen) atoms. The summed E-state index contributed by atoms with van der Waals surface area (Å²) in [6.45, 7) is 3.01. The Balaban J connectivity index is 1.84. The van der Waals surface area contributed by atoms with Crippen LogP contribution in [0, 0.1) is 0 Å². The van der Waals surface area contributed by atoms with Crippen LogP contribution in [0.4, 0.5) is 0 Å². The summed E-state index contributed by atoms with van der Waals surface area (Å²) in [5.74, 6) is 0. The third-order valence-electron chi connectivity index (χ3n) is 5.41. The van der Waals surface area contributed by atoms with E-state index in [1.807, 2.05) is 18.2 Å². The fourth-order valence-electron chi connectivity index (χ4n) is 3.58. The van der Waals surface area contributed by atoms with Gasteiger partial charge < -0.3 is 9.84 Å². The van der Waals surface area contributed by atoms with Gasteiger partial charge in [-0.05, 0) is 12.0 Å². The maximum atomic E-state index is 9.48. The van der Waals surface area contributed by atoms with Crippen LogP contribution < -0.4 is 0 Å². The lowest BCUT2D eigenvalue weighted by Gasteiger charge is -2.15. The van der Waals surface area contributed by atoms with Gasteiger partial charge in [0.1, 0.15) is 0 Å². The van der Waals surface area contributed by atoms with E-state index in [9.17, 15) is 5.11 Å². The van der Waals surface area contributed by atoms with Gasteiger partial charge in [-0.2, -0.15) is 0 Å². The van der Waals surface area contributed by atoms with Crippen LogP contribution in [0.3, 0.4) is 0 Å². The smallest absolute Gasteiger partial charge is 0.0810 e. The molecule has 0 heterocycles. The van der Waals surface area contributed by atoms with Gasteiger partial charge in [-0.3, -0.25) is 0 Å². The maximum Gasteiger partial charge on any atom is 0.0810 e. The predicted molar refractivity (Wildman–Crippen MR) is 117 cm³/mol. The average Bonchev–Trinajstić information content (AvgIpc) is 2.71. The fourth-order valence-corrected chi connectivity index (χ4v) is 3.58. The first-order valence-corrected chi connectivity index (χ1v) is 11.6. The van der Waals surface area contributed by atoms with E-state index >= 15 is 0 Å². The molecule has 1 atom stereocenters. The third-order valence-corrected chi connectivity index (χ3v) is 5.41. The van der Waals surface area contributed by atoms with E-state index in [2.05, 4.69) is 19.1 Å². The van der Waals surface area contributed by atoms with E-state index in [1.54, 1.807) is 0 Å². The van der Waals surface area contributed by atoms with Gasteiger partial charge in [0.2, 0.25) is 0 Å². The summed E-state index contributed by atoms with van der Waals surface area (Å²) in [5, 5.41) is 9.48. The lowest BCUT2D eigenvalue weighted by atomic mass is 10.0. The number of hydrogen-bond acceptors (Lipinski definition) is 2. The van der Waals surface area contributed by atoms with Crippen LogP contribution >= 0.6 is 0 Å². The number of ether oxygens (including phenoxy) is 1. The number of unbranched alkanes of at least 4 members (excludes halogenated alkanes) is 13. The third kappa shape index (κ3) is 14.8. The van der Waals surface area contributed by atoms with Crippen molar-refractivity contribution in [3.63, 3.8) is 0 Å². The number of aliphatic hydroxyl groups is 1. The highest BCUT2D eigenvalue weighted by atomic mass is 16.5. The quantitative estimate of drug-likeness (QED) is 0.254. The zero-order valence-electron chi connectivity index (χ0n) is 17.8. The Morgan fingerprint density at radius 2 is 1.19 bits per heavy atom. The van der Waals surface area contributed by atoms with E-state index in [-0.39, 0.29) is 12.7 Å². The van der Waals surface area contributed by atoms with Gasteiger partial charge in [0.15, 0.2) is 0 Å². The number of benzene rings is 1. The molecule has 0 aliphatic heterocycles. The average molecular weight is 377 g/mol. The topological polar surface area (TPSA) is 29.5 Å². The van der Waals surface area contributed by atoms with Crippen molar-refractivity contribution in [1.82, 2.24) is 0 Å². The summed E-state index contributed by atoms with van der Waals surface area (Å²) >= 11 is 0. The molecule has 2 heteroatoms. The second kappa shape index (κ2) is 18.5. The molecule has 0 spiro atoms. The Hall–Kier alpha value is -0.860. The second-order valence-electron chi connectivity index (χ2n) is 7.99. The Bertz CT molecular complexity index is 404. The Morgan fingerprint density at radius 1 is 0.704 bits per heavy atom. The van der Waals surface area contributed by atoms with Crippen LogP contribution in [0.2, 0.25) is 0 Å². The minimum Gasteiger partial charge on any atom is -0.394 e. The number of hydrogen-bond donors (Lipinski definition) is 1. The molecule has 0 radical (unpaired) electrons. The van der Waals surface area contributed by atoms with Crippen molar-refractivity contribution in [3.8, 4) is 0 Å². The molecule has 0 saturated carbocycles. The highest BCUT2D eigenvalue weighted by molar-refractivity contribution is 5.13. The molecule has 1 aromatic carbocycles. The molecule has 1 rings (SSSR count). The summed E-state index contributed by atoms with van der Waals surface area (Å²) in [4.78, 5) is 0. The predicted octanol–water partition coefficient (Wildman–Crippen LogP) is 7.44. The van der Waals surface area contributed by atoms with Gasteiger partial charge in [0, 0.05) is 0 Å². The lowest BCUT2D eigenvalue weighted by molar-refractivity contribution is -0.00348. The SMILES string of the molecule is CCCCCCCCCCCCCCCCC(CO)OCc1ccccc1. The number of rotatable bonds is 19. The Morgan fingerprint density at radius 3 is 1.67 bits per heavy atom. The molecule has 0 aromatic heterocycles. The van der Waals surface area contributed by atoms with E-state index in [1.165, 1.54) is 89.0 Å². The first kappa shape index (κ1) is 24.2. The molecule has 1 N–H and O–H groups in total. The fraction of sp³-hybridized carbons (Fsp3) is 0.760. The van der Waals surface area contributed by atoms with Crippen LogP contribution in [0.25, 0.3) is 0 Å². The molecular formula is C25H44O2.